The van der Waals surface area contributed by atoms with Crippen molar-refractivity contribution < 1.29 is 9.53 Å². The highest BCUT2D eigenvalue weighted by Gasteiger charge is 2.22. The van der Waals surface area contributed by atoms with Gasteiger partial charge in [-0.15, -0.1) is 0 Å². The second-order valence-electron chi connectivity index (χ2n) is 4.34. The molecule has 0 aliphatic heterocycles. The number of benzene rings is 1. The lowest BCUT2D eigenvalue weighted by atomic mass is 9.91. The molecule has 1 aromatic rings. The van der Waals surface area contributed by atoms with Crippen molar-refractivity contribution in [3.05, 3.63) is 29.3 Å². The summed E-state index contributed by atoms with van der Waals surface area (Å²) in [5, 5.41) is 2.71. The van der Waals surface area contributed by atoms with Crippen LogP contribution < -0.4 is 15.8 Å². The van der Waals surface area contributed by atoms with E-state index in [1.165, 1.54) is 0 Å². The molecule has 0 aromatic heterocycles. The molecule has 0 saturated heterocycles. The molecule has 1 amide bonds. The number of carbonyl (C=O) groups excluding carboxylic acids is 1. The summed E-state index contributed by atoms with van der Waals surface area (Å²) in [5.74, 6) is 0.562. The van der Waals surface area contributed by atoms with Crippen LogP contribution in [0.15, 0.2) is 18.2 Å². The zero-order valence-corrected chi connectivity index (χ0v) is 11.3. The quantitative estimate of drug-likeness (QED) is 0.805. The summed E-state index contributed by atoms with van der Waals surface area (Å²) in [7, 11) is 3.28. The first-order valence-corrected chi connectivity index (χ1v) is 6.20. The van der Waals surface area contributed by atoms with E-state index >= 15 is 0 Å². The van der Waals surface area contributed by atoms with Crippen LogP contribution in [-0.4, -0.2) is 26.6 Å². The van der Waals surface area contributed by atoms with Crippen LogP contribution in [-0.2, 0) is 4.79 Å². The predicted octanol–water partition coefficient (Wildman–Crippen LogP) is 1.57. The van der Waals surface area contributed by atoms with Crippen LogP contribution in [0.5, 0.6) is 5.75 Å². The van der Waals surface area contributed by atoms with Crippen molar-refractivity contribution in [2.45, 2.75) is 25.7 Å². The molecule has 1 rings (SSSR count). The molecule has 0 fully saturated rings. The smallest absolute Gasteiger partial charge is 0.227 e. The number of amides is 1. The van der Waals surface area contributed by atoms with Crippen LogP contribution in [0.2, 0.25) is 0 Å². The average Bonchev–Trinajstić information content (AvgIpc) is 2.39. The largest absolute Gasteiger partial charge is 0.496 e. The lowest BCUT2D eigenvalue weighted by Crippen LogP contribution is -2.26. The van der Waals surface area contributed by atoms with E-state index in [0.717, 1.165) is 29.7 Å². The first-order chi connectivity index (χ1) is 8.63. The molecule has 0 heterocycles. The summed E-state index contributed by atoms with van der Waals surface area (Å²) < 4.78 is 5.34. The minimum atomic E-state index is -0.201. The van der Waals surface area contributed by atoms with Crippen molar-refractivity contribution in [3.63, 3.8) is 0 Å². The molecule has 4 nitrogen and oxygen atoms in total. The lowest BCUT2D eigenvalue weighted by molar-refractivity contribution is -0.122. The summed E-state index contributed by atoms with van der Waals surface area (Å²) in [5.41, 5.74) is 7.59. The molecule has 100 valence electrons. The van der Waals surface area contributed by atoms with E-state index in [-0.39, 0.29) is 11.8 Å². The number of nitrogens with one attached hydrogen (secondary N) is 1. The Morgan fingerprint density at radius 3 is 2.78 bits per heavy atom. The maximum Gasteiger partial charge on any atom is 0.227 e. The third kappa shape index (κ3) is 3.47. The van der Waals surface area contributed by atoms with Gasteiger partial charge in [0.05, 0.1) is 13.0 Å². The van der Waals surface area contributed by atoms with Crippen molar-refractivity contribution in [2.75, 3.05) is 20.7 Å². The van der Waals surface area contributed by atoms with Gasteiger partial charge < -0.3 is 15.8 Å². The zero-order valence-electron chi connectivity index (χ0n) is 11.3. The van der Waals surface area contributed by atoms with Gasteiger partial charge in [-0.1, -0.05) is 17.7 Å². The average molecular weight is 250 g/mol. The molecule has 1 unspecified atom stereocenters. The van der Waals surface area contributed by atoms with Gasteiger partial charge in [-0.05, 0) is 32.4 Å². The second-order valence-corrected chi connectivity index (χ2v) is 4.34. The highest BCUT2D eigenvalue weighted by Crippen LogP contribution is 2.31. The Balaban J connectivity index is 3.10. The Hall–Kier alpha value is -1.55. The number of ether oxygens (including phenoxy) is 1. The third-order valence-electron chi connectivity index (χ3n) is 3.02. The van der Waals surface area contributed by atoms with Crippen LogP contribution in [0.25, 0.3) is 0 Å². The third-order valence-corrected chi connectivity index (χ3v) is 3.02. The van der Waals surface area contributed by atoms with Crippen LogP contribution in [0, 0.1) is 6.92 Å². The zero-order chi connectivity index (χ0) is 13.5. The van der Waals surface area contributed by atoms with Crippen molar-refractivity contribution in [2.24, 2.45) is 5.73 Å². The number of carbonyl (C=O) groups is 1. The fourth-order valence-corrected chi connectivity index (χ4v) is 2.05. The van der Waals surface area contributed by atoms with Gasteiger partial charge >= 0.3 is 0 Å². The minimum Gasteiger partial charge on any atom is -0.496 e. The van der Waals surface area contributed by atoms with E-state index in [4.69, 9.17) is 10.5 Å². The summed E-state index contributed by atoms with van der Waals surface area (Å²) in [6, 6.07) is 5.89. The van der Waals surface area contributed by atoms with Gasteiger partial charge in [0.2, 0.25) is 5.91 Å². The molecule has 0 spiro atoms. The first-order valence-electron chi connectivity index (χ1n) is 6.20. The van der Waals surface area contributed by atoms with Gasteiger partial charge in [0.15, 0.2) is 0 Å². The lowest BCUT2D eigenvalue weighted by Gasteiger charge is -2.19. The normalized spacial score (nSPS) is 12.0. The Labute approximate surface area is 109 Å². The molecule has 0 bridgehead atoms. The highest BCUT2D eigenvalue weighted by molar-refractivity contribution is 5.84. The number of rotatable bonds is 6. The molecule has 0 aliphatic carbocycles. The summed E-state index contributed by atoms with van der Waals surface area (Å²) in [6.45, 7) is 2.59. The fourth-order valence-electron chi connectivity index (χ4n) is 2.05. The van der Waals surface area contributed by atoms with E-state index in [1.54, 1.807) is 14.2 Å². The molecule has 0 radical (unpaired) electrons. The van der Waals surface area contributed by atoms with Gasteiger partial charge in [-0.25, -0.2) is 0 Å². The number of likely N-dealkylation sites (N-methyl/N-ethyl adjacent to an activating group) is 1. The first kappa shape index (κ1) is 14.5. The molecule has 3 N–H and O–H groups in total. The summed E-state index contributed by atoms with van der Waals surface area (Å²) >= 11 is 0. The molecular weight excluding hydrogens is 228 g/mol. The standard InChI is InChI=1S/C14H22N2O2/c1-10-6-7-13(18-3)12(9-10)11(5-4-8-15)14(17)16-2/h6-7,9,11H,4-5,8,15H2,1-3H3,(H,16,17). The van der Waals surface area contributed by atoms with Crippen LogP contribution in [0.4, 0.5) is 0 Å². The van der Waals surface area contributed by atoms with Crippen LogP contribution in [0.1, 0.15) is 29.9 Å². The highest BCUT2D eigenvalue weighted by atomic mass is 16.5. The van der Waals surface area contributed by atoms with E-state index in [2.05, 4.69) is 5.32 Å². The van der Waals surface area contributed by atoms with Crippen molar-refractivity contribution in [1.82, 2.24) is 5.32 Å². The van der Waals surface area contributed by atoms with Crippen LogP contribution >= 0.6 is 0 Å². The van der Waals surface area contributed by atoms with Gasteiger partial charge in [-0.3, -0.25) is 4.79 Å². The second kappa shape index (κ2) is 7.01. The summed E-state index contributed by atoms with van der Waals surface area (Å²) in [6.07, 6.45) is 1.55. The molecule has 1 atom stereocenters. The Morgan fingerprint density at radius 1 is 1.50 bits per heavy atom. The van der Waals surface area contributed by atoms with Crippen molar-refractivity contribution >= 4 is 5.91 Å². The SMILES string of the molecule is CNC(=O)C(CCCN)c1cc(C)ccc1OC. The van der Waals surface area contributed by atoms with E-state index in [1.807, 2.05) is 25.1 Å². The molecule has 0 aliphatic rings. The van der Waals surface area contributed by atoms with Crippen molar-refractivity contribution in [3.8, 4) is 5.75 Å². The van der Waals surface area contributed by atoms with Crippen LogP contribution in [0.3, 0.4) is 0 Å². The number of nitrogens with two attached hydrogens (primary N) is 1. The van der Waals surface area contributed by atoms with Gasteiger partial charge in [0, 0.05) is 12.6 Å². The van der Waals surface area contributed by atoms with Gasteiger partial charge in [-0.2, -0.15) is 0 Å². The maximum atomic E-state index is 12.0. The van der Waals surface area contributed by atoms with Crippen molar-refractivity contribution in [1.29, 1.82) is 0 Å². The molecule has 0 saturated carbocycles. The number of hydrogen-bond acceptors (Lipinski definition) is 3. The fraction of sp³-hybridized carbons (Fsp3) is 0.500. The van der Waals surface area contributed by atoms with E-state index < -0.39 is 0 Å². The number of aryl methyl sites for hydroxylation is 1. The maximum absolute atomic E-state index is 12.0. The topological polar surface area (TPSA) is 64.4 Å². The molecular formula is C14H22N2O2. The van der Waals surface area contributed by atoms with Gasteiger partial charge in [0.25, 0.3) is 0 Å². The van der Waals surface area contributed by atoms with E-state index in [0.29, 0.717) is 6.54 Å². The Kier molecular flexibility index (Phi) is 5.65. The minimum absolute atomic E-state index is 0.00681. The molecule has 1 aromatic carbocycles. The van der Waals surface area contributed by atoms with Gasteiger partial charge in [0.1, 0.15) is 5.75 Å². The number of hydrogen-bond donors (Lipinski definition) is 2. The monoisotopic (exact) mass is 250 g/mol. The Bertz CT molecular complexity index is 405. The number of methoxy groups -OCH3 is 1. The summed E-state index contributed by atoms with van der Waals surface area (Å²) in [4.78, 5) is 12.0. The Morgan fingerprint density at radius 2 is 2.22 bits per heavy atom. The van der Waals surface area contributed by atoms with E-state index in [9.17, 15) is 4.79 Å². The molecule has 4 heteroatoms. The molecule has 18 heavy (non-hydrogen) atoms. The predicted molar refractivity (Wildman–Crippen MR) is 72.8 cm³/mol.